The molecule has 0 bridgehead atoms. The molecule has 0 saturated heterocycles. The third-order valence-electron chi connectivity index (χ3n) is 2.59. The van der Waals surface area contributed by atoms with Gasteiger partial charge in [-0.25, -0.2) is 9.59 Å². The van der Waals surface area contributed by atoms with Gasteiger partial charge in [-0.15, -0.1) is 11.3 Å². The van der Waals surface area contributed by atoms with E-state index in [1.807, 2.05) is 0 Å². The van der Waals surface area contributed by atoms with Gasteiger partial charge < -0.3 is 14.9 Å². The van der Waals surface area contributed by atoms with Crippen molar-refractivity contribution in [1.82, 2.24) is 0 Å². The quantitative estimate of drug-likeness (QED) is 0.820. The molecule has 2 aromatic rings. The maximum atomic E-state index is 11.3. The normalized spacial score (nSPS) is 10.4. The van der Waals surface area contributed by atoms with Gasteiger partial charge in [-0.2, -0.15) is 0 Å². The minimum atomic E-state index is -1.20. The Kier molecular flexibility index (Phi) is 3.71. The molecule has 6 nitrogen and oxygen atoms in total. The molecule has 0 aliphatic rings. The molecule has 1 aromatic carbocycles. The van der Waals surface area contributed by atoms with Gasteiger partial charge in [-0.05, 0) is 19.1 Å². The molecule has 0 aliphatic heterocycles. The zero-order chi connectivity index (χ0) is 14.9. The van der Waals surface area contributed by atoms with Crippen LogP contribution in [0.2, 0.25) is 0 Å². The number of carbonyl (C=O) groups excluding carboxylic acids is 1. The summed E-state index contributed by atoms with van der Waals surface area (Å²) in [5.41, 5.74) is 0.459. The standard InChI is InChI=1S/C13H10O6S/c1-6(14)7-2-3-8-9(4-7)20-12(13(17)18)11(8)19-5-10(15)16/h2-4H,5H2,1H3,(H,15,16)(H,17,18). The second-order valence-corrected chi connectivity index (χ2v) is 5.07. The molecular weight excluding hydrogens is 284 g/mol. The number of benzene rings is 1. The maximum Gasteiger partial charge on any atom is 0.349 e. The number of aliphatic carboxylic acids is 1. The Bertz CT molecular complexity index is 715. The summed E-state index contributed by atoms with van der Waals surface area (Å²) in [6.07, 6.45) is 0. The number of Topliss-reactive ketones (excluding diaryl/α,β-unsaturated/α-hetero) is 1. The first-order valence-corrected chi connectivity index (χ1v) is 6.37. The summed E-state index contributed by atoms with van der Waals surface area (Å²) < 4.78 is 5.62. The van der Waals surface area contributed by atoms with E-state index < -0.39 is 18.5 Å². The second-order valence-electron chi connectivity index (χ2n) is 4.02. The highest BCUT2D eigenvalue weighted by molar-refractivity contribution is 7.21. The van der Waals surface area contributed by atoms with Crippen molar-refractivity contribution in [2.75, 3.05) is 6.61 Å². The molecule has 20 heavy (non-hydrogen) atoms. The van der Waals surface area contributed by atoms with Crippen LogP contribution in [0.25, 0.3) is 10.1 Å². The van der Waals surface area contributed by atoms with Gasteiger partial charge in [0.05, 0.1) is 0 Å². The van der Waals surface area contributed by atoms with E-state index in [0.29, 0.717) is 15.6 Å². The lowest BCUT2D eigenvalue weighted by Gasteiger charge is -2.03. The Morgan fingerprint density at radius 3 is 2.50 bits per heavy atom. The Balaban J connectivity index is 2.57. The summed E-state index contributed by atoms with van der Waals surface area (Å²) in [7, 11) is 0. The van der Waals surface area contributed by atoms with Gasteiger partial charge in [0, 0.05) is 15.6 Å². The first-order chi connectivity index (χ1) is 9.40. The topological polar surface area (TPSA) is 101 Å². The van der Waals surface area contributed by atoms with Crippen LogP contribution >= 0.6 is 11.3 Å². The van der Waals surface area contributed by atoms with Crippen molar-refractivity contribution in [3.8, 4) is 5.75 Å². The number of carboxylic acids is 2. The van der Waals surface area contributed by atoms with Crippen LogP contribution in [-0.4, -0.2) is 34.5 Å². The number of ether oxygens (including phenoxy) is 1. The van der Waals surface area contributed by atoms with E-state index in [4.69, 9.17) is 14.9 Å². The van der Waals surface area contributed by atoms with Crippen molar-refractivity contribution < 1.29 is 29.3 Å². The van der Waals surface area contributed by atoms with E-state index in [0.717, 1.165) is 11.3 Å². The number of thiophene rings is 1. The lowest BCUT2D eigenvalue weighted by Crippen LogP contribution is -2.10. The Morgan fingerprint density at radius 1 is 1.25 bits per heavy atom. The number of hydrogen-bond donors (Lipinski definition) is 2. The summed E-state index contributed by atoms with van der Waals surface area (Å²) in [5.74, 6) is -2.50. The monoisotopic (exact) mass is 294 g/mol. The van der Waals surface area contributed by atoms with Crippen LogP contribution in [0.5, 0.6) is 5.75 Å². The zero-order valence-corrected chi connectivity index (χ0v) is 11.2. The van der Waals surface area contributed by atoms with Crippen LogP contribution in [0.15, 0.2) is 18.2 Å². The molecule has 0 radical (unpaired) electrons. The first-order valence-electron chi connectivity index (χ1n) is 5.55. The molecule has 0 amide bonds. The molecule has 7 heteroatoms. The highest BCUT2D eigenvalue weighted by Crippen LogP contribution is 2.38. The fourth-order valence-electron chi connectivity index (χ4n) is 1.71. The van der Waals surface area contributed by atoms with Crippen molar-refractivity contribution in [2.45, 2.75) is 6.92 Å². The van der Waals surface area contributed by atoms with Crippen molar-refractivity contribution in [2.24, 2.45) is 0 Å². The van der Waals surface area contributed by atoms with Crippen molar-refractivity contribution >= 4 is 39.1 Å². The lowest BCUT2D eigenvalue weighted by molar-refractivity contribution is -0.139. The number of rotatable bonds is 5. The predicted octanol–water partition coefficient (Wildman–Crippen LogP) is 2.27. The van der Waals surface area contributed by atoms with Crippen LogP contribution in [0.3, 0.4) is 0 Å². The van der Waals surface area contributed by atoms with E-state index in [2.05, 4.69) is 0 Å². The van der Waals surface area contributed by atoms with E-state index in [1.54, 1.807) is 18.2 Å². The van der Waals surface area contributed by atoms with E-state index in [1.165, 1.54) is 6.92 Å². The second kappa shape index (κ2) is 5.30. The SMILES string of the molecule is CC(=O)c1ccc2c(OCC(=O)O)c(C(=O)O)sc2c1. The molecule has 1 aromatic heterocycles. The number of ketones is 1. The van der Waals surface area contributed by atoms with Crippen LogP contribution < -0.4 is 4.74 Å². The molecule has 0 aliphatic carbocycles. The molecule has 1 heterocycles. The number of carbonyl (C=O) groups is 3. The maximum absolute atomic E-state index is 11.3. The summed E-state index contributed by atoms with van der Waals surface area (Å²) >= 11 is 0.946. The zero-order valence-electron chi connectivity index (χ0n) is 10.4. The molecule has 0 atom stereocenters. The summed E-state index contributed by atoms with van der Waals surface area (Å²) in [6, 6.07) is 4.69. The number of aromatic carboxylic acids is 1. The number of fused-ring (bicyclic) bond motifs is 1. The molecule has 0 unspecified atom stereocenters. The smallest absolute Gasteiger partial charge is 0.349 e. The van der Waals surface area contributed by atoms with Crippen molar-refractivity contribution in [3.05, 3.63) is 28.6 Å². The van der Waals surface area contributed by atoms with Gasteiger partial charge in [0.25, 0.3) is 0 Å². The van der Waals surface area contributed by atoms with Gasteiger partial charge in [0.15, 0.2) is 23.0 Å². The van der Waals surface area contributed by atoms with Gasteiger partial charge in [0.2, 0.25) is 0 Å². The minimum absolute atomic E-state index is 0.0232. The summed E-state index contributed by atoms with van der Waals surface area (Å²) in [5, 5.41) is 18.2. The molecule has 2 N–H and O–H groups in total. The van der Waals surface area contributed by atoms with E-state index in [-0.39, 0.29) is 16.4 Å². The third kappa shape index (κ3) is 2.62. The van der Waals surface area contributed by atoms with E-state index in [9.17, 15) is 14.4 Å². The average molecular weight is 294 g/mol. The highest BCUT2D eigenvalue weighted by Gasteiger charge is 2.20. The van der Waals surface area contributed by atoms with Gasteiger partial charge in [0.1, 0.15) is 0 Å². The highest BCUT2D eigenvalue weighted by atomic mass is 32.1. The molecule has 2 rings (SSSR count). The van der Waals surface area contributed by atoms with Gasteiger partial charge in [-0.3, -0.25) is 4.79 Å². The van der Waals surface area contributed by atoms with Crippen LogP contribution in [-0.2, 0) is 4.79 Å². The Morgan fingerprint density at radius 2 is 1.95 bits per heavy atom. The van der Waals surface area contributed by atoms with Crippen molar-refractivity contribution in [3.63, 3.8) is 0 Å². The average Bonchev–Trinajstić information content (AvgIpc) is 2.73. The third-order valence-corrected chi connectivity index (χ3v) is 3.71. The molecule has 104 valence electrons. The largest absolute Gasteiger partial charge is 0.479 e. The Hall–Kier alpha value is -2.41. The summed E-state index contributed by atoms with van der Waals surface area (Å²) in [6.45, 7) is 0.787. The fraction of sp³-hybridized carbons (Fsp3) is 0.154. The van der Waals surface area contributed by atoms with E-state index >= 15 is 0 Å². The molecule has 0 saturated carbocycles. The minimum Gasteiger partial charge on any atom is -0.479 e. The number of carboxylic acid groups (broad SMARTS) is 2. The predicted molar refractivity (Wildman–Crippen MR) is 71.9 cm³/mol. The van der Waals surface area contributed by atoms with Gasteiger partial charge >= 0.3 is 11.9 Å². The fourth-order valence-corrected chi connectivity index (χ4v) is 2.74. The number of hydrogen-bond acceptors (Lipinski definition) is 5. The van der Waals surface area contributed by atoms with Crippen LogP contribution in [0, 0.1) is 0 Å². The Labute approximate surface area is 117 Å². The molecule has 0 spiro atoms. The molecule has 0 fully saturated rings. The first kappa shape index (κ1) is 14.0. The van der Waals surface area contributed by atoms with Gasteiger partial charge in [-0.1, -0.05) is 6.07 Å². The van der Waals surface area contributed by atoms with Crippen LogP contribution in [0.4, 0.5) is 0 Å². The van der Waals surface area contributed by atoms with Crippen molar-refractivity contribution in [1.29, 1.82) is 0 Å². The molecular formula is C13H10O6S. The van der Waals surface area contributed by atoms with Crippen LogP contribution in [0.1, 0.15) is 27.0 Å². The summed E-state index contributed by atoms with van der Waals surface area (Å²) in [4.78, 5) is 32.9. The lowest BCUT2D eigenvalue weighted by atomic mass is 10.1.